The second-order valence-electron chi connectivity index (χ2n) is 3.81. The number of rotatable bonds is 2. The van der Waals surface area contributed by atoms with Crippen molar-refractivity contribution in [1.82, 2.24) is 0 Å². The van der Waals surface area contributed by atoms with Crippen LogP contribution in [0.3, 0.4) is 0 Å². The molecule has 1 unspecified atom stereocenters. The number of anilines is 1. The first kappa shape index (κ1) is 12.6. The van der Waals surface area contributed by atoms with Crippen molar-refractivity contribution < 1.29 is 19.1 Å². The number of Topliss-reactive ketones (excluding diaryl/α,β-unsaturated/α-hetero) is 1. The number of amides is 1. The first-order chi connectivity index (χ1) is 8.54. The molecule has 1 amide bonds. The Bertz CT molecular complexity index is 529. The number of ether oxygens (including phenoxy) is 1. The van der Waals surface area contributed by atoms with Crippen molar-refractivity contribution in [3.8, 4) is 0 Å². The van der Waals surface area contributed by atoms with Crippen molar-refractivity contribution in [2.24, 2.45) is 0 Å². The third-order valence-electron chi connectivity index (χ3n) is 2.67. The highest BCUT2D eigenvalue weighted by Gasteiger charge is 2.44. The number of carbonyl (C=O) groups is 3. The zero-order valence-corrected chi connectivity index (χ0v) is 10.3. The molecule has 1 aliphatic rings. The molecule has 1 saturated heterocycles. The summed E-state index contributed by atoms with van der Waals surface area (Å²) in [6.07, 6.45) is -0.299. The summed E-state index contributed by atoms with van der Waals surface area (Å²) in [4.78, 5) is 36.1. The highest BCUT2D eigenvalue weighted by atomic mass is 35.5. The molecule has 0 aromatic heterocycles. The van der Waals surface area contributed by atoms with E-state index in [1.54, 1.807) is 18.2 Å². The summed E-state index contributed by atoms with van der Waals surface area (Å²) in [6, 6.07) is 5.20. The van der Waals surface area contributed by atoms with Crippen molar-refractivity contribution in [1.29, 1.82) is 0 Å². The van der Waals surface area contributed by atoms with E-state index in [-0.39, 0.29) is 6.42 Å². The van der Waals surface area contributed by atoms with Crippen LogP contribution in [0.2, 0.25) is 5.02 Å². The monoisotopic (exact) mass is 267 g/mol. The number of carbonyl (C=O) groups excluding carboxylic acids is 3. The van der Waals surface area contributed by atoms with Gasteiger partial charge in [0.2, 0.25) is 5.91 Å². The third-order valence-corrected chi connectivity index (χ3v) is 2.90. The summed E-state index contributed by atoms with van der Waals surface area (Å²) in [5, 5.41) is 0.420. The van der Waals surface area contributed by atoms with Crippen molar-refractivity contribution >= 4 is 34.9 Å². The van der Waals surface area contributed by atoms with Crippen LogP contribution in [0.4, 0.5) is 5.69 Å². The van der Waals surface area contributed by atoms with Gasteiger partial charge in [-0.05, 0) is 18.2 Å². The van der Waals surface area contributed by atoms with E-state index in [2.05, 4.69) is 4.74 Å². The van der Waals surface area contributed by atoms with Crippen LogP contribution >= 0.6 is 11.6 Å². The van der Waals surface area contributed by atoms with Crippen molar-refractivity contribution in [3.63, 3.8) is 0 Å². The summed E-state index contributed by atoms with van der Waals surface area (Å²) in [7, 11) is 1.18. The van der Waals surface area contributed by atoms with Crippen LogP contribution in [0.1, 0.15) is 6.42 Å². The second-order valence-corrected chi connectivity index (χ2v) is 4.25. The third kappa shape index (κ3) is 2.09. The maximum atomic E-state index is 11.8. The minimum absolute atomic E-state index is 0.299. The average Bonchev–Trinajstić information content (AvgIpc) is 2.63. The maximum absolute atomic E-state index is 11.8. The van der Waals surface area contributed by atoms with E-state index in [1.807, 2.05) is 0 Å². The molecule has 18 heavy (non-hydrogen) atoms. The molecule has 0 saturated carbocycles. The van der Waals surface area contributed by atoms with E-state index in [4.69, 9.17) is 11.6 Å². The number of methoxy groups -OCH3 is 1. The van der Waals surface area contributed by atoms with Gasteiger partial charge in [0.15, 0.2) is 11.8 Å². The summed E-state index contributed by atoms with van der Waals surface area (Å²) < 4.78 is 4.55. The number of hydrogen-bond acceptors (Lipinski definition) is 4. The molecule has 5 nitrogen and oxygen atoms in total. The molecule has 0 radical (unpaired) electrons. The lowest BCUT2D eigenvalue weighted by molar-refractivity contribution is -0.144. The maximum Gasteiger partial charge on any atom is 0.336 e. The summed E-state index contributed by atoms with van der Waals surface area (Å²) >= 11 is 5.83. The molecule has 1 heterocycles. The van der Waals surface area contributed by atoms with Crippen LogP contribution in [-0.2, 0) is 19.1 Å². The lowest BCUT2D eigenvalue weighted by Gasteiger charge is -2.21. The van der Waals surface area contributed by atoms with Gasteiger partial charge in [0, 0.05) is 10.7 Å². The predicted molar refractivity (Wildman–Crippen MR) is 64.4 cm³/mol. The topological polar surface area (TPSA) is 63.7 Å². The van der Waals surface area contributed by atoms with Gasteiger partial charge in [-0.1, -0.05) is 17.7 Å². The lowest BCUT2D eigenvalue weighted by atomic mass is 10.2. The summed E-state index contributed by atoms with van der Waals surface area (Å²) in [5.74, 6) is -1.64. The zero-order valence-electron chi connectivity index (χ0n) is 9.55. The molecule has 6 heteroatoms. The fourth-order valence-corrected chi connectivity index (χ4v) is 2.07. The molecule has 1 aromatic rings. The molecule has 0 N–H and O–H groups in total. The van der Waals surface area contributed by atoms with Gasteiger partial charge in [-0.15, -0.1) is 0 Å². The molecule has 94 valence electrons. The Kier molecular flexibility index (Phi) is 3.34. The van der Waals surface area contributed by atoms with Gasteiger partial charge in [-0.3, -0.25) is 14.5 Å². The quantitative estimate of drug-likeness (QED) is 0.596. The fraction of sp³-hybridized carbons (Fsp3) is 0.250. The van der Waals surface area contributed by atoms with Crippen molar-refractivity contribution in [2.45, 2.75) is 12.5 Å². The van der Waals surface area contributed by atoms with Crippen LogP contribution in [0.5, 0.6) is 0 Å². The van der Waals surface area contributed by atoms with Crippen LogP contribution in [0, 0.1) is 0 Å². The molecule has 1 fully saturated rings. The fourth-order valence-electron chi connectivity index (χ4n) is 1.89. The van der Waals surface area contributed by atoms with E-state index < -0.39 is 23.7 Å². The van der Waals surface area contributed by atoms with E-state index in [0.717, 1.165) is 4.90 Å². The highest BCUT2D eigenvalue weighted by molar-refractivity contribution is 6.31. The summed E-state index contributed by atoms with van der Waals surface area (Å²) in [6.45, 7) is 0. The molecule has 1 atom stereocenters. The largest absolute Gasteiger partial charge is 0.467 e. The van der Waals surface area contributed by atoms with Gasteiger partial charge in [0.05, 0.1) is 13.5 Å². The molecule has 1 aliphatic heterocycles. The first-order valence-electron chi connectivity index (χ1n) is 5.22. The SMILES string of the molecule is COC(=O)C1C(=O)CC(=O)N1c1cccc(Cl)c1. The molecule has 0 bridgehead atoms. The van der Waals surface area contributed by atoms with Gasteiger partial charge >= 0.3 is 5.97 Å². The number of hydrogen-bond donors (Lipinski definition) is 0. The molecular weight excluding hydrogens is 258 g/mol. The van der Waals surface area contributed by atoms with Gasteiger partial charge in [-0.25, -0.2) is 4.79 Å². The molecule has 0 aliphatic carbocycles. The van der Waals surface area contributed by atoms with Crippen LogP contribution < -0.4 is 4.90 Å². The number of halogens is 1. The minimum atomic E-state index is -1.21. The van der Waals surface area contributed by atoms with Crippen molar-refractivity contribution in [2.75, 3.05) is 12.0 Å². The van der Waals surface area contributed by atoms with E-state index in [0.29, 0.717) is 10.7 Å². The van der Waals surface area contributed by atoms with Gasteiger partial charge in [-0.2, -0.15) is 0 Å². The molecule has 2 rings (SSSR count). The Balaban J connectivity index is 2.43. The van der Waals surface area contributed by atoms with Gasteiger partial charge < -0.3 is 4.74 Å². The Morgan fingerprint density at radius 2 is 2.17 bits per heavy atom. The van der Waals surface area contributed by atoms with E-state index >= 15 is 0 Å². The van der Waals surface area contributed by atoms with Gasteiger partial charge in [0.25, 0.3) is 0 Å². The van der Waals surface area contributed by atoms with Crippen LogP contribution in [0.25, 0.3) is 0 Å². The Morgan fingerprint density at radius 1 is 1.44 bits per heavy atom. The Hall–Kier alpha value is -1.88. The first-order valence-corrected chi connectivity index (χ1v) is 5.60. The predicted octanol–water partition coefficient (Wildman–Crippen LogP) is 1.19. The number of benzene rings is 1. The Labute approximate surface area is 108 Å². The molecule has 1 aromatic carbocycles. The average molecular weight is 268 g/mol. The van der Waals surface area contributed by atoms with Crippen LogP contribution in [-0.4, -0.2) is 30.8 Å². The standard InChI is InChI=1S/C12H10ClNO4/c1-18-12(17)11-9(15)6-10(16)14(11)8-4-2-3-7(13)5-8/h2-5,11H,6H2,1H3. The Morgan fingerprint density at radius 3 is 2.78 bits per heavy atom. The second kappa shape index (κ2) is 4.78. The highest BCUT2D eigenvalue weighted by Crippen LogP contribution is 2.27. The zero-order chi connectivity index (χ0) is 13.3. The smallest absolute Gasteiger partial charge is 0.336 e. The van der Waals surface area contributed by atoms with Gasteiger partial charge in [0.1, 0.15) is 0 Å². The number of nitrogens with zero attached hydrogens (tertiary/aromatic N) is 1. The lowest BCUT2D eigenvalue weighted by Crippen LogP contribution is -2.42. The summed E-state index contributed by atoms with van der Waals surface area (Å²) in [5.41, 5.74) is 0.411. The minimum Gasteiger partial charge on any atom is -0.467 e. The number of esters is 1. The van der Waals surface area contributed by atoms with Crippen LogP contribution in [0.15, 0.2) is 24.3 Å². The molecular formula is C12H10ClNO4. The van der Waals surface area contributed by atoms with E-state index in [9.17, 15) is 14.4 Å². The van der Waals surface area contributed by atoms with Crippen molar-refractivity contribution in [3.05, 3.63) is 29.3 Å². The van der Waals surface area contributed by atoms with E-state index in [1.165, 1.54) is 13.2 Å². The normalized spacial score (nSPS) is 19.2. The number of ketones is 1. The molecule has 0 spiro atoms.